The molecule has 0 spiro atoms. The number of methoxy groups -OCH3 is 1. The van der Waals surface area contributed by atoms with Crippen molar-refractivity contribution in [2.24, 2.45) is 0 Å². The van der Waals surface area contributed by atoms with Crippen molar-refractivity contribution in [2.45, 2.75) is 19.4 Å². The molecule has 1 amide bonds. The summed E-state index contributed by atoms with van der Waals surface area (Å²) in [6.07, 6.45) is 0.363. The number of ether oxygens (including phenoxy) is 1. The Labute approximate surface area is 94.8 Å². The molecule has 0 saturated carbocycles. The minimum atomic E-state index is -0.623. The molecule has 0 aromatic heterocycles. The van der Waals surface area contributed by atoms with Crippen molar-refractivity contribution in [3.63, 3.8) is 0 Å². The number of nitrogens with one attached hydrogen (secondary N) is 1. The van der Waals surface area contributed by atoms with Crippen LogP contribution in [0.4, 0.5) is 0 Å². The average molecular weight is 218 g/mol. The fraction of sp³-hybridized carbons (Fsp3) is 0.333. The van der Waals surface area contributed by atoms with E-state index in [4.69, 9.17) is 10.00 Å². The van der Waals surface area contributed by atoms with E-state index < -0.39 is 6.04 Å². The molecule has 0 radical (unpaired) electrons. The van der Waals surface area contributed by atoms with Crippen LogP contribution in [0.2, 0.25) is 0 Å². The SMILES string of the molecule is CCC(=O)NC(C#N)c1cccc(OC)c1. The van der Waals surface area contributed by atoms with Crippen LogP contribution in [0.3, 0.4) is 0 Å². The van der Waals surface area contributed by atoms with Gasteiger partial charge in [-0.05, 0) is 17.7 Å². The van der Waals surface area contributed by atoms with Gasteiger partial charge in [0.2, 0.25) is 5.91 Å². The number of amides is 1. The van der Waals surface area contributed by atoms with Crippen LogP contribution < -0.4 is 10.1 Å². The summed E-state index contributed by atoms with van der Waals surface area (Å²) >= 11 is 0. The lowest BCUT2D eigenvalue weighted by Gasteiger charge is -2.12. The number of benzene rings is 1. The van der Waals surface area contributed by atoms with Crippen molar-refractivity contribution in [3.8, 4) is 11.8 Å². The van der Waals surface area contributed by atoms with E-state index in [1.165, 1.54) is 0 Å². The van der Waals surface area contributed by atoms with Crippen LogP contribution in [0.1, 0.15) is 24.9 Å². The molecule has 1 atom stereocenters. The highest BCUT2D eigenvalue weighted by atomic mass is 16.5. The highest BCUT2D eigenvalue weighted by Crippen LogP contribution is 2.18. The first kappa shape index (κ1) is 12.1. The third kappa shape index (κ3) is 2.99. The molecule has 1 aromatic rings. The van der Waals surface area contributed by atoms with Crippen LogP contribution in [-0.2, 0) is 4.79 Å². The summed E-state index contributed by atoms with van der Waals surface area (Å²) in [6, 6.07) is 8.53. The summed E-state index contributed by atoms with van der Waals surface area (Å²) in [5.41, 5.74) is 0.726. The number of carbonyl (C=O) groups is 1. The van der Waals surface area contributed by atoms with Crippen molar-refractivity contribution in [1.82, 2.24) is 5.32 Å². The Bertz CT molecular complexity index is 410. The first-order chi connectivity index (χ1) is 7.71. The second-order valence-corrected chi connectivity index (χ2v) is 3.26. The van der Waals surface area contributed by atoms with E-state index in [1.54, 1.807) is 38.3 Å². The average Bonchev–Trinajstić information content (AvgIpc) is 2.35. The molecule has 16 heavy (non-hydrogen) atoms. The summed E-state index contributed by atoms with van der Waals surface area (Å²) in [4.78, 5) is 11.2. The van der Waals surface area contributed by atoms with Crippen LogP contribution >= 0.6 is 0 Å². The largest absolute Gasteiger partial charge is 0.497 e. The molecular weight excluding hydrogens is 204 g/mol. The molecule has 0 fully saturated rings. The van der Waals surface area contributed by atoms with Gasteiger partial charge in [0, 0.05) is 6.42 Å². The fourth-order valence-corrected chi connectivity index (χ4v) is 1.27. The van der Waals surface area contributed by atoms with E-state index in [0.29, 0.717) is 12.2 Å². The second-order valence-electron chi connectivity index (χ2n) is 3.26. The van der Waals surface area contributed by atoms with Gasteiger partial charge in [-0.1, -0.05) is 19.1 Å². The third-order valence-electron chi connectivity index (χ3n) is 2.18. The molecular formula is C12H14N2O2. The number of nitriles is 1. The van der Waals surface area contributed by atoms with Gasteiger partial charge >= 0.3 is 0 Å². The van der Waals surface area contributed by atoms with E-state index >= 15 is 0 Å². The van der Waals surface area contributed by atoms with Crippen LogP contribution in [0.5, 0.6) is 5.75 Å². The van der Waals surface area contributed by atoms with E-state index in [9.17, 15) is 4.79 Å². The molecule has 1 N–H and O–H groups in total. The van der Waals surface area contributed by atoms with Crippen LogP contribution in [-0.4, -0.2) is 13.0 Å². The molecule has 0 aliphatic carbocycles. The van der Waals surface area contributed by atoms with Gasteiger partial charge in [0.05, 0.1) is 13.2 Å². The lowest BCUT2D eigenvalue weighted by molar-refractivity contribution is -0.121. The monoisotopic (exact) mass is 218 g/mol. The summed E-state index contributed by atoms with van der Waals surface area (Å²) in [5.74, 6) is 0.526. The molecule has 1 aromatic carbocycles. The first-order valence-electron chi connectivity index (χ1n) is 5.04. The molecule has 0 aliphatic rings. The Morgan fingerprint density at radius 1 is 1.62 bits per heavy atom. The molecule has 0 bridgehead atoms. The fourth-order valence-electron chi connectivity index (χ4n) is 1.27. The maximum absolute atomic E-state index is 11.2. The van der Waals surface area contributed by atoms with Gasteiger partial charge in [-0.15, -0.1) is 0 Å². The van der Waals surface area contributed by atoms with Crippen molar-refractivity contribution in [3.05, 3.63) is 29.8 Å². The molecule has 0 saturated heterocycles. The normalized spacial score (nSPS) is 11.3. The van der Waals surface area contributed by atoms with Gasteiger partial charge in [0.25, 0.3) is 0 Å². The Kier molecular flexibility index (Phi) is 4.34. The smallest absolute Gasteiger partial charge is 0.221 e. The summed E-state index contributed by atoms with van der Waals surface area (Å²) in [6.45, 7) is 1.75. The van der Waals surface area contributed by atoms with Crippen LogP contribution in [0, 0.1) is 11.3 Å². The number of carbonyl (C=O) groups excluding carboxylic acids is 1. The number of nitrogens with zero attached hydrogens (tertiary/aromatic N) is 1. The minimum absolute atomic E-state index is 0.144. The van der Waals surface area contributed by atoms with Crippen LogP contribution in [0.15, 0.2) is 24.3 Å². The molecule has 1 unspecified atom stereocenters. The second kappa shape index (κ2) is 5.76. The lowest BCUT2D eigenvalue weighted by atomic mass is 10.1. The van der Waals surface area contributed by atoms with Crippen molar-refractivity contribution in [2.75, 3.05) is 7.11 Å². The molecule has 0 heterocycles. The molecule has 84 valence electrons. The number of hydrogen-bond donors (Lipinski definition) is 1. The van der Waals surface area contributed by atoms with Gasteiger partial charge in [-0.25, -0.2) is 0 Å². The lowest BCUT2D eigenvalue weighted by Crippen LogP contribution is -2.26. The summed E-state index contributed by atoms with van der Waals surface area (Å²) in [5, 5.41) is 11.6. The van der Waals surface area contributed by atoms with Gasteiger partial charge < -0.3 is 10.1 Å². The Hall–Kier alpha value is -2.02. The zero-order valence-corrected chi connectivity index (χ0v) is 9.36. The molecule has 4 nitrogen and oxygen atoms in total. The quantitative estimate of drug-likeness (QED) is 0.838. The number of hydrogen-bond acceptors (Lipinski definition) is 3. The van der Waals surface area contributed by atoms with Gasteiger partial charge in [-0.2, -0.15) is 5.26 Å². The topological polar surface area (TPSA) is 62.1 Å². The summed E-state index contributed by atoms with van der Waals surface area (Å²) < 4.78 is 5.06. The highest BCUT2D eigenvalue weighted by molar-refractivity contribution is 5.76. The van der Waals surface area contributed by atoms with Gasteiger partial charge in [-0.3, -0.25) is 4.79 Å². The highest BCUT2D eigenvalue weighted by Gasteiger charge is 2.12. The van der Waals surface area contributed by atoms with Gasteiger partial charge in [0.1, 0.15) is 11.8 Å². The van der Waals surface area contributed by atoms with E-state index in [-0.39, 0.29) is 5.91 Å². The van der Waals surface area contributed by atoms with E-state index in [0.717, 1.165) is 5.56 Å². The Morgan fingerprint density at radius 2 is 2.38 bits per heavy atom. The summed E-state index contributed by atoms with van der Waals surface area (Å²) in [7, 11) is 1.56. The predicted octanol–water partition coefficient (Wildman–Crippen LogP) is 1.79. The van der Waals surface area contributed by atoms with Crippen molar-refractivity contribution < 1.29 is 9.53 Å². The molecule has 4 heteroatoms. The molecule has 0 aliphatic heterocycles. The predicted molar refractivity (Wildman–Crippen MR) is 59.8 cm³/mol. The molecule has 1 rings (SSSR count). The zero-order valence-electron chi connectivity index (χ0n) is 9.36. The third-order valence-corrected chi connectivity index (χ3v) is 2.18. The van der Waals surface area contributed by atoms with E-state index in [1.807, 2.05) is 6.07 Å². The van der Waals surface area contributed by atoms with Crippen molar-refractivity contribution in [1.29, 1.82) is 5.26 Å². The zero-order chi connectivity index (χ0) is 12.0. The van der Waals surface area contributed by atoms with Gasteiger partial charge in [0.15, 0.2) is 0 Å². The van der Waals surface area contributed by atoms with Crippen LogP contribution in [0.25, 0.3) is 0 Å². The number of rotatable bonds is 4. The Morgan fingerprint density at radius 3 is 2.94 bits per heavy atom. The van der Waals surface area contributed by atoms with Crippen molar-refractivity contribution >= 4 is 5.91 Å². The maximum atomic E-state index is 11.2. The minimum Gasteiger partial charge on any atom is -0.497 e. The first-order valence-corrected chi connectivity index (χ1v) is 5.04. The standard InChI is InChI=1S/C12H14N2O2/c1-3-12(15)14-11(8-13)9-5-4-6-10(7-9)16-2/h4-7,11H,3H2,1-2H3,(H,14,15). The Balaban J connectivity index is 2.87. The maximum Gasteiger partial charge on any atom is 0.221 e. The van der Waals surface area contributed by atoms with E-state index in [2.05, 4.69) is 5.32 Å².